The fourth-order valence-electron chi connectivity index (χ4n) is 5.74. The molecule has 3 nitrogen and oxygen atoms in total. The smallest absolute Gasteiger partial charge is 0.151 e. The van der Waals surface area contributed by atoms with E-state index in [0.29, 0.717) is 20.6 Å². The Labute approximate surface area is 286 Å². The highest BCUT2D eigenvalue weighted by Gasteiger charge is 2.02. The van der Waals surface area contributed by atoms with E-state index < -0.39 is 0 Å². The van der Waals surface area contributed by atoms with E-state index in [1.807, 2.05) is 0 Å². The van der Waals surface area contributed by atoms with E-state index in [1.54, 1.807) is 0 Å². The summed E-state index contributed by atoms with van der Waals surface area (Å²) in [5.74, 6) is 0. The van der Waals surface area contributed by atoms with Gasteiger partial charge in [0.1, 0.15) is 0 Å². The van der Waals surface area contributed by atoms with Crippen molar-refractivity contribution in [2.24, 2.45) is 5.73 Å². The molecular weight excluding hydrogens is 569 g/mol. The summed E-state index contributed by atoms with van der Waals surface area (Å²) < 4.78 is 0. The second-order valence-corrected chi connectivity index (χ2v) is 15.1. The monoisotopic (exact) mass is 654 g/mol. The average Bonchev–Trinajstić information content (AvgIpc) is 3.05. The molecule has 2 atom stereocenters. The number of rotatable bonds is 36. The maximum Gasteiger partial charge on any atom is 0.151 e. The minimum Gasteiger partial charge on any atom is -0.392 e. The third-order valence-electron chi connectivity index (χ3n) is 8.93. The van der Waals surface area contributed by atoms with Crippen molar-refractivity contribution in [2.75, 3.05) is 12.7 Å². The van der Waals surface area contributed by atoms with Crippen LogP contribution in [0.15, 0.2) is 12.2 Å². The van der Waals surface area contributed by atoms with Crippen molar-refractivity contribution in [3.63, 3.8) is 0 Å². The molecule has 0 aromatic rings. The van der Waals surface area contributed by atoms with Crippen LogP contribution in [0.1, 0.15) is 226 Å². The third kappa shape index (κ3) is 45.9. The van der Waals surface area contributed by atoms with Crippen molar-refractivity contribution >= 4 is 14.1 Å². The lowest BCUT2D eigenvalue weighted by Crippen LogP contribution is -2.19. The zero-order chi connectivity index (χ0) is 33.3. The van der Waals surface area contributed by atoms with Gasteiger partial charge in [-0.1, -0.05) is 196 Å². The summed E-state index contributed by atoms with van der Waals surface area (Å²) in [5.41, 5.74) is 5.75. The molecule has 0 saturated heterocycles. The molecule has 0 fully saturated rings. The van der Waals surface area contributed by atoms with E-state index in [-0.39, 0.29) is 6.10 Å². The fraction of sp³-hybridized carbons (Fsp3) is 0.927. The molecule has 0 aromatic carbocycles. The molecule has 0 aliphatic rings. The molecule has 0 saturated carbocycles. The quantitative estimate of drug-likeness (QED) is 0.0402. The molecule has 0 rings (SSSR count). The molecule has 2 unspecified atom stereocenters. The Morgan fingerprint density at radius 1 is 0.533 bits per heavy atom. The molecule has 270 valence electrons. The Hall–Kier alpha value is -0.240. The fourth-order valence-corrected chi connectivity index (χ4v) is 6.80. The van der Waals surface area contributed by atoms with Crippen LogP contribution in [0.3, 0.4) is 0 Å². The first-order chi connectivity index (χ1) is 22.1. The van der Waals surface area contributed by atoms with Gasteiger partial charge >= 0.3 is 0 Å². The summed E-state index contributed by atoms with van der Waals surface area (Å²) in [5, 5.41) is 8.96. The predicted octanol–water partition coefficient (Wildman–Crippen LogP) is 13.6. The summed E-state index contributed by atoms with van der Waals surface area (Å²) in [6, 6.07) is 0. The van der Waals surface area contributed by atoms with Crippen LogP contribution in [0.5, 0.6) is 0 Å². The Morgan fingerprint density at radius 2 is 0.889 bits per heavy atom. The van der Waals surface area contributed by atoms with Gasteiger partial charge in [-0.25, -0.2) is 0 Å². The van der Waals surface area contributed by atoms with Gasteiger partial charge in [0, 0.05) is 13.0 Å². The molecule has 3 N–H and O–H groups in total. The first kappa shape index (κ1) is 46.9. The zero-order valence-electron chi connectivity index (χ0n) is 31.2. The number of carbonyl (C=O) groups excluding carboxylic acids is 1. The number of nitrogens with two attached hydrogens (primary N) is 1. The summed E-state index contributed by atoms with van der Waals surface area (Å²) in [6.45, 7) is 7.13. The zero-order valence-corrected chi connectivity index (χ0v) is 32.2. The second kappa shape index (κ2) is 43.8. The van der Waals surface area contributed by atoms with E-state index in [9.17, 15) is 4.79 Å². The van der Waals surface area contributed by atoms with Gasteiger partial charge in [0.15, 0.2) is 5.52 Å². The van der Waals surface area contributed by atoms with Gasteiger partial charge in [-0.05, 0) is 51.1 Å². The van der Waals surface area contributed by atoms with Gasteiger partial charge in [-0.2, -0.15) is 0 Å². The van der Waals surface area contributed by atoms with Gasteiger partial charge in [0.05, 0.1) is 6.10 Å². The van der Waals surface area contributed by atoms with Crippen LogP contribution < -0.4 is 5.73 Å². The normalized spacial score (nSPS) is 12.3. The number of unbranched alkanes of at least 4 members (excludes halogenated alkanes) is 26. The van der Waals surface area contributed by atoms with E-state index >= 15 is 0 Å². The van der Waals surface area contributed by atoms with Crippen molar-refractivity contribution in [2.45, 2.75) is 232 Å². The number of hydrogen-bond donors (Lipinski definition) is 2. The lowest BCUT2D eigenvalue weighted by Gasteiger charge is -2.04. The van der Waals surface area contributed by atoms with Crippen molar-refractivity contribution in [3.05, 3.63) is 12.2 Å². The van der Waals surface area contributed by atoms with E-state index in [2.05, 4.69) is 32.9 Å². The van der Waals surface area contributed by atoms with Crippen molar-refractivity contribution in [1.29, 1.82) is 0 Å². The van der Waals surface area contributed by atoms with E-state index in [4.69, 9.17) is 10.8 Å². The molecule has 0 radical (unpaired) electrons. The SMILES string of the molecule is CCCCCC(O)CN.CCCCCCCC/C=C\CCCCCCCCPC(=O)CCCCCCCCCCCCCCC. The first-order valence-electron chi connectivity index (χ1n) is 20.4. The average molecular weight is 654 g/mol. The lowest BCUT2D eigenvalue weighted by atomic mass is 10.0. The second-order valence-electron chi connectivity index (χ2n) is 13.7. The van der Waals surface area contributed by atoms with Crippen LogP contribution in [-0.2, 0) is 4.79 Å². The minimum atomic E-state index is -0.267. The number of carbonyl (C=O) groups is 1. The van der Waals surface area contributed by atoms with Crippen molar-refractivity contribution < 1.29 is 9.90 Å². The van der Waals surface area contributed by atoms with Gasteiger partial charge in [-0.15, -0.1) is 0 Å². The van der Waals surface area contributed by atoms with Gasteiger partial charge < -0.3 is 10.8 Å². The topological polar surface area (TPSA) is 63.3 Å². The Kier molecular flexibility index (Phi) is 45.6. The number of hydrogen-bond acceptors (Lipinski definition) is 3. The lowest BCUT2D eigenvalue weighted by molar-refractivity contribution is -0.111. The highest BCUT2D eigenvalue weighted by molar-refractivity contribution is 7.57. The van der Waals surface area contributed by atoms with E-state index in [1.165, 1.54) is 180 Å². The number of allylic oxidation sites excluding steroid dienone is 2. The highest BCUT2D eigenvalue weighted by Crippen LogP contribution is 2.20. The highest BCUT2D eigenvalue weighted by atomic mass is 31.1. The summed E-state index contributed by atoms with van der Waals surface area (Å²) in [7, 11) is 0.580. The minimum absolute atomic E-state index is 0.267. The summed E-state index contributed by atoms with van der Waals surface area (Å²) in [4.78, 5) is 12.1. The van der Waals surface area contributed by atoms with Crippen LogP contribution in [-0.4, -0.2) is 29.4 Å². The Morgan fingerprint density at radius 3 is 1.31 bits per heavy atom. The van der Waals surface area contributed by atoms with Gasteiger partial charge in [-0.3, -0.25) is 4.79 Å². The molecule has 4 heteroatoms. The number of aliphatic hydroxyl groups is 1. The molecule has 0 heterocycles. The molecule has 0 aliphatic carbocycles. The van der Waals surface area contributed by atoms with Gasteiger partial charge in [0.25, 0.3) is 0 Å². The molecule has 0 aliphatic heterocycles. The van der Waals surface area contributed by atoms with Crippen molar-refractivity contribution in [3.8, 4) is 0 Å². The number of aliphatic hydroxyl groups excluding tert-OH is 1. The Bertz CT molecular complexity index is 568. The molecule has 0 spiro atoms. The Balaban J connectivity index is 0. The maximum absolute atomic E-state index is 12.1. The standard InChI is InChI=1S/C34H67OP.C7H17NO/c1-3-5-7-9-11-13-15-17-18-19-21-23-25-27-29-31-33-36-34(35)32-30-28-26-24-22-20-16-14-12-10-8-6-4-2;1-2-3-4-5-7(9)6-8/h17-18,36H,3-16,19-33H2,1-2H3;7,9H,2-6,8H2,1H3/b18-17-;. The largest absolute Gasteiger partial charge is 0.392 e. The maximum atomic E-state index is 12.1. The van der Waals surface area contributed by atoms with Gasteiger partial charge in [0.2, 0.25) is 0 Å². The van der Waals surface area contributed by atoms with Crippen LogP contribution in [0, 0.1) is 0 Å². The third-order valence-corrected chi connectivity index (χ3v) is 10.2. The molecule has 0 amide bonds. The molecule has 0 bridgehead atoms. The molecule has 0 aromatic heterocycles. The first-order valence-corrected chi connectivity index (χ1v) is 21.6. The van der Waals surface area contributed by atoms with E-state index in [0.717, 1.165) is 31.8 Å². The van der Waals surface area contributed by atoms with Crippen molar-refractivity contribution in [1.82, 2.24) is 0 Å². The van der Waals surface area contributed by atoms with Crippen LogP contribution >= 0.6 is 8.58 Å². The molecular formula is C41H84NO2P. The molecule has 45 heavy (non-hydrogen) atoms. The van der Waals surface area contributed by atoms with Crippen LogP contribution in [0.2, 0.25) is 0 Å². The predicted molar refractivity (Wildman–Crippen MR) is 207 cm³/mol. The van der Waals surface area contributed by atoms with Crippen LogP contribution in [0.4, 0.5) is 0 Å². The summed E-state index contributed by atoms with van der Waals surface area (Å²) in [6.07, 6.45) is 47.9. The summed E-state index contributed by atoms with van der Waals surface area (Å²) >= 11 is 0. The van der Waals surface area contributed by atoms with Crippen LogP contribution in [0.25, 0.3) is 0 Å².